The van der Waals surface area contributed by atoms with Gasteiger partial charge >= 0.3 is 0 Å². The van der Waals surface area contributed by atoms with E-state index in [1.54, 1.807) is 0 Å². The fourth-order valence-electron chi connectivity index (χ4n) is 1.80. The molecule has 1 aromatic rings. The van der Waals surface area contributed by atoms with Crippen LogP contribution in [0, 0.1) is 17.2 Å². The summed E-state index contributed by atoms with van der Waals surface area (Å²) in [4.78, 5) is 1.93. The Bertz CT molecular complexity index is 357. The molecule has 1 rings (SSSR count). The summed E-state index contributed by atoms with van der Waals surface area (Å²) in [6, 6.07) is 10.5. The van der Waals surface area contributed by atoms with Gasteiger partial charge in [0.25, 0.3) is 0 Å². The molecule has 0 aliphatic rings. The van der Waals surface area contributed by atoms with Gasteiger partial charge in [0, 0.05) is 0 Å². The number of hydrogen-bond donors (Lipinski definition) is 0. The number of nitriles is 1. The molecule has 86 valence electrons. The molecule has 0 fully saturated rings. The summed E-state index contributed by atoms with van der Waals surface area (Å²) >= 11 is 0. The first kappa shape index (κ1) is 12.7. The van der Waals surface area contributed by atoms with Crippen molar-refractivity contribution in [2.75, 3.05) is 14.1 Å². The molecular formula is C14H20N2. The third-order valence-corrected chi connectivity index (χ3v) is 2.58. The molecule has 0 heterocycles. The lowest BCUT2D eigenvalue weighted by Gasteiger charge is -2.17. The van der Waals surface area contributed by atoms with Gasteiger partial charge in [-0.15, -0.1) is 0 Å². The van der Waals surface area contributed by atoms with E-state index in [4.69, 9.17) is 5.26 Å². The van der Waals surface area contributed by atoms with Crippen LogP contribution in [0.5, 0.6) is 0 Å². The van der Waals surface area contributed by atoms with E-state index in [0.717, 1.165) is 12.0 Å². The molecule has 0 radical (unpaired) electrons. The Labute approximate surface area is 98.5 Å². The number of rotatable bonds is 4. The van der Waals surface area contributed by atoms with Crippen molar-refractivity contribution in [3.63, 3.8) is 0 Å². The summed E-state index contributed by atoms with van der Waals surface area (Å²) in [6.07, 6.45) is 1.10. The molecule has 16 heavy (non-hydrogen) atoms. The fraction of sp³-hybridized carbons (Fsp3) is 0.500. The minimum Gasteiger partial charge on any atom is -0.291 e. The highest BCUT2D eigenvalue weighted by molar-refractivity contribution is 5.28. The maximum Gasteiger partial charge on any atom is 0.123 e. The Hall–Kier alpha value is -1.33. The van der Waals surface area contributed by atoms with Gasteiger partial charge in [-0.1, -0.05) is 38.1 Å². The molecule has 0 aliphatic carbocycles. The van der Waals surface area contributed by atoms with Crippen LogP contribution >= 0.6 is 0 Å². The molecule has 0 saturated carbocycles. The van der Waals surface area contributed by atoms with Crippen molar-refractivity contribution in [3.05, 3.63) is 35.4 Å². The Morgan fingerprint density at radius 3 is 2.12 bits per heavy atom. The molecule has 1 aromatic carbocycles. The van der Waals surface area contributed by atoms with Gasteiger partial charge in [0.1, 0.15) is 6.04 Å². The predicted octanol–water partition coefficient (Wildman–Crippen LogP) is 3.01. The molecule has 0 aromatic heterocycles. The van der Waals surface area contributed by atoms with Gasteiger partial charge in [0.05, 0.1) is 6.07 Å². The van der Waals surface area contributed by atoms with E-state index in [1.807, 2.05) is 19.0 Å². The maximum absolute atomic E-state index is 9.07. The Balaban J connectivity index is 2.82. The molecule has 0 spiro atoms. The largest absolute Gasteiger partial charge is 0.291 e. The summed E-state index contributed by atoms with van der Waals surface area (Å²) in [5, 5.41) is 9.07. The lowest BCUT2D eigenvalue weighted by molar-refractivity contribution is 0.358. The highest BCUT2D eigenvalue weighted by Crippen LogP contribution is 2.18. The van der Waals surface area contributed by atoms with Crippen molar-refractivity contribution in [2.24, 2.45) is 5.92 Å². The minimum absolute atomic E-state index is 0.145. The molecular weight excluding hydrogens is 196 g/mol. The second kappa shape index (κ2) is 5.67. The Morgan fingerprint density at radius 1 is 1.19 bits per heavy atom. The summed E-state index contributed by atoms with van der Waals surface area (Å²) < 4.78 is 0. The van der Waals surface area contributed by atoms with Crippen LogP contribution in [0.15, 0.2) is 24.3 Å². The highest BCUT2D eigenvalue weighted by atomic mass is 15.1. The maximum atomic E-state index is 9.07. The predicted molar refractivity (Wildman–Crippen MR) is 67.0 cm³/mol. The van der Waals surface area contributed by atoms with E-state index in [0.29, 0.717) is 5.92 Å². The van der Waals surface area contributed by atoms with Crippen molar-refractivity contribution in [1.29, 1.82) is 5.26 Å². The van der Waals surface area contributed by atoms with Crippen LogP contribution in [0.1, 0.15) is 31.0 Å². The van der Waals surface area contributed by atoms with E-state index < -0.39 is 0 Å². The standard InChI is InChI=1S/C14H20N2/c1-11(2)9-12-5-7-13(8-6-12)14(10-15)16(3)4/h5-8,11,14H,9H2,1-4H3. The first-order valence-electron chi connectivity index (χ1n) is 5.69. The van der Waals surface area contributed by atoms with Crippen LogP contribution < -0.4 is 0 Å². The normalized spacial score (nSPS) is 12.8. The Morgan fingerprint density at radius 2 is 1.75 bits per heavy atom. The van der Waals surface area contributed by atoms with E-state index in [9.17, 15) is 0 Å². The zero-order valence-corrected chi connectivity index (χ0v) is 10.6. The van der Waals surface area contributed by atoms with E-state index in [-0.39, 0.29) is 6.04 Å². The first-order valence-corrected chi connectivity index (χ1v) is 5.69. The quantitative estimate of drug-likeness (QED) is 0.773. The molecule has 0 amide bonds. The van der Waals surface area contributed by atoms with Gasteiger partial charge in [0.2, 0.25) is 0 Å². The van der Waals surface area contributed by atoms with Crippen LogP contribution in [-0.4, -0.2) is 19.0 Å². The molecule has 1 unspecified atom stereocenters. The van der Waals surface area contributed by atoms with Gasteiger partial charge in [-0.05, 0) is 37.6 Å². The summed E-state index contributed by atoms with van der Waals surface area (Å²) in [7, 11) is 3.85. The van der Waals surface area contributed by atoms with Crippen molar-refractivity contribution >= 4 is 0 Å². The van der Waals surface area contributed by atoms with Crippen LogP contribution in [0.25, 0.3) is 0 Å². The lowest BCUT2D eigenvalue weighted by Crippen LogP contribution is -2.18. The second-order valence-corrected chi connectivity index (χ2v) is 4.83. The second-order valence-electron chi connectivity index (χ2n) is 4.83. The average Bonchev–Trinajstić information content (AvgIpc) is 2.20. The van der Waals surface area contributed by atoms with Crippen molar-refractivity contribution in [2.45, 2.75) is 26.3 Å². The molecule has 0 N–H and O–H groups in total. The van der Waals surface area contributed by atoms with Crippen LogP contribution in [0.2, 0.25) is 0 Å². The number of hydrogen-bond acceptors (Lipinski definition) is 2. The highest BCUT2D eigenvalue weighted by Gasteiger charge is 2.12. The topological polar surface area (TPSA) is 27.0 Å². The molecule has 0 bridgehead atoms. The van der Waals surface area contributed by atoms with Gasteiger partial charge in [-0.2, -0.15) is 5.26 Å². The van der Waals surface area contributed by atoms with E-state index in [2.05, 4.69) is 44.2 Å². The van der Waals surface area contributed by atoms with Crippen molar-refractivity contribution < 1.29 is 0 Å². The monoisotopic (exact) mass is 216 g/mol. The third kappa shape index (κ3) is 3.36. The number of benzene rings is 1. The lowest BCUT2D eigenvalue weighted by atomic mass is 9.99. The molecule has 1 atom stereocenters. The Kier molecular flexibility index (Phi) is 4.52. The fourth-order valence-corrected chi connectivity index (χ4v) is 1.80. The third-order valence-electron chi connectivity index (χ3n) is 2.58. The van der Waals surface area contributed by atoms with Gasteiger partial charge in [-0.25, -0.2) is 0 Å². The average molecular weight is 216 g/mol. The molecule has 0 saturated heterocycles. The smallest absolute Gasteiger partial charge is 0.123 e. The van der Waals surface area contributed by atoms with Crippen LogP contribution in [0.3, 0.4) is 0 Å². The zero-order chi connectivity index (χ0) is 12.1. The first-order chi connectivity index (χ1) is 7.54. The van der Waals surface area contributed by atoms with E-state index >= 15 is 0 Å². The van der Waals surface area contributed by atoms with Crippen molar-refractivity contribution in [1.82, 2.24) is 4.90 Å². The molecule has 2 nitrogen and oxygen atoms in total. The summed E-state index contributed by atoms with van der Waals surface area (Å²) in [6.45, 7) is 4.43. The van der Waals surface area contributed by atoms with Crippen LogP contribution in [0.4, 0.5) is 0 Å². The van der Waals surface area contributed by atoms with E-state index in [1.165, 1.54) is 5.56 Å². The van der Waals surface area contributed by atoms with Gasteiger partial charge < -0.3 is 0 Å². The molecule has 0 aliphatic heterocycles. The SMILES string of the molecule is CC(C)Cc1ccc(C(C#N)N(C)C)cc1. The van der Waals surface area contributed by atoms with Crippen molar-refractivity contribution in [3.8, 4) is 6.07 Å². The van der Waals surface area contributed by atoms with Crippen LogP contribution in [-0.2, 0) is 6.42 Å². The number of nitrogens with zero attached hydrogens (tertiary/aromatic N) is 2. The zero-order valence-electron chi connectivity index (χ0n) is 10.6. The summed E-state index contributed by atoms with van der Waals surface area (Å²) in [5.74, 6) is 0.673. The minimum atomic E-state index is -0.145. The molecule has 2 heteroatoms. The summed E-state index contributed by atoms with van der Waals surface area (Å²) in [5.41, 5.74) is 2.41. The van der Waals surface area contributed by atoms with Gasteiger partial charge in [0.15, 0.2) is 0 Å². The van der Waals surface area contributed by atoms with Gasteiger partial charge in [-0.3, -0.25) is 4.90 Å².